The van der Waals surface area contributed by atoms with Crippen LogP contribution in [0.3, 0.4) is 0 Å². The number of carbonyl (C=O) groups is 2. The fourth-order valence-electron chi connectivity index (χ4n) is 2.93. The minimum atomic E-state index is -4.43. The Balaban J connectivity index is 2.00. The van der Waals surface area contributed by atoms with Gasteiger partial charge in [0.2, 0.25) is 11.8 Å². The first-order chi connectivity index (χ1) is 14.2. The Morgan fingerprint density at radius 1 is 1.20 bits per heavy atom. The van der Waals surface area contributed by atoms with E-state index in [1.54, 1.807) is 25.1 Å². The Labute approximate surface area is 173 Å². The molecule has 1 fully saturated rings. The van der Waals surface area contributed by atoms with Gasteiger partial charge in [-0.1, -0.05) is 12.1 Å². The predicted octanol–water partition coefficient (Wildman–Crippen LogP) is 2.53. The van der Waals surface area contributed by atoms with Crippen LogP contribution in [0.15, 0.2) is 23.2 Å². The number of benzene rings is 1. The summed E-state index contributed by atoms with van der Waals surface area (Å²) in [6.07, 6.45) is -3.10. The van der Waals surface area contributed by atoms with E-state index in [-0.39, 0.29) is 30.7 Å². The summed E-state index contributed by atoms with van der Waals surface area (Å²) in [4.78, 5) is 29.3. The molecule has 1 heterocycles. The van der Waals surface area contributed by atoms with E-state index >= 15 is 0 Å². The van der Waals surface area contributed by atoms with E-state index < -0.39 is 12.8 Å². The second-order valence-electron chi connectivity index (χ2n) is 6.93. The van der Waals surface area contributed by atoms with Crippen molar-refractivity contribution < 1.29 is 27.5 Å². The summed E-state index contributed by atoms with van der Waals surface area (Å²) in [5, 5.41) is 6.07. The lowest BCUT2D eigenvalue weighted by Gasteiger charge is -2.25. The Kier molecular flexibility index (Phi) is 8.49. The highest BCUT2D eigenvalue weighted by molar-refractivity contribution is 5.97. The Bertz CT molecular complexity index is 765. The van der Waals surface area contributed by atoms with Crippen LogP contribution in [0.5, 0.6) is 5.75 Å². The number of halogens is 3. The first-order valence-corrected chi connectivity index (χ1v) is 9.84. The molecule has 30 heavy (non-hydrogen) atoms. The normalized spacial score (nSPS) is 15.4. The molecule has 10 heteroatoms. The summed E-state index contributed by atoms with van der Waals surface area (Å²) in [6.45, 7) is 3.48. The molecule has 1 saturated heterocycles. The van der Waals surface area contributed by atoms with Crippen molar-refractivity contribution in [2.24, 2.45) is 4.99 Å². The third-order valence-corrected chi connectivity index (χ3v) is 4.38. The number of piperidine rings is 1. The van der Waals surface area contributed by atoms with Crippen LogP contribution in [0, 0.1) is 6.92 Å². The van der Waals surface area contributed by atoms with Crippen molar-refractivity contribution >= 4 is 17.8 Å². The number of ether oxygens (including phenoxy) is 1. The van der Waals surface area contributed by atoms with Crippen molar-refractivity contribution in [1.29, 1.82) is 0 Å². The first-order valence-electron chi connectivity index (χ1n) is 9.84. The van der Waals surface area contributed by atoms with E-state index in [0.29, 0.717) is 43.9 Å². The number of nitrogens with one attached hydrogen (secondary N) is 2. The molecule has 2 rings (SSSR count). The zero-order chi connectivity index (χ0) is 22.1. The van der Waals surface area contributed by atoms with Crippen molar-refractivity contribution in [2.45, 2.75) is 45.8 Å². The molecule has 2 amide bonds. The smallest absolute Gasteiger partial charge is 0.422 e. The fourth-order valence-corrected chi connectivity index (χ4v) is 2.93. The van der Waals surface area contributed by atoms with E-state index in [2.05, 4.69) is 15.6 Å². The van der Waals surface area contributed by atoms with Crippen molar-refractivity contribution in [3.8, 4) is 5.75 Å². The summed E-state index contributed by atoms with van der Waals surface area (Å²) in [5.41, 5.74) is 1.30. The van der Waals surface area contributed by atoms with Crippen LogP contribution in [-0.4, -0.2) is 55.1 Å². The topological polar surface area (TPSA) is 83.0 Å². The number of rotatable bonds is 8. The highest BCUT2D eigenvalue weighted by Crippen LogP contribution is 2.24. The van der Waals surface area contributed by atoms with Crippen LogP contribution in [0.2, 0.25) is 0 Å². The average molecular weight is 428 g/mol. The average Bonchev–Trinajstić information content (AvgIpc) is 2.67. The summed E-state index contributed by atoms with van der Waals surface area (Å²) < 4.78 is 42.5. The van der Waals surface area contributed by atoms with Crippen LogP contribution in [0.1, 0.15) is 37.3 Å². The number of aliphatic imine (C=N–C) groups is 1. The zero-order valence-electron chi connectivity index (χ0n) is 17.1. The third kappa shape index (κ3) is 7.57. The molecule has 7 nitrogen and oxygen atoms in total. The van der Waals surface area contributed by atoms with Gasteiger partial charge in [0.05, 0.1) is 6.54 Å². The monoisotopic (exact) mass is 428 g/mol. The van der Waals surface area contributed by atoms with E-state index in [4.69, 9.17) is 4.74 Å². The molecule has 0 saturated carbocycles. The lowest BCUT2D eigenvalue weighted by atomic mass is 10.1. The van der Waals surface area contributed by atoms with Crippen molar-refractivity contribution in [3.05, 3.63) is 29.3 Å². The molecule has 0 atom stereocenters. The maximum absolute atomic E-state index is 12.5. The number of imide groups is 1. The molecular weight excluding hydrogens is 401 g/mol. The lowest BCUT2D eigenvalue weighted by Crippen LogP contribution is -2.46. The molecule has 1 aliphatic rings. The molecule has 166 valence electrons. The lowest BCUT2D eigenvalue weighted by molar-refractivity contribution is -0.153. The number of alkyl halides is 3. The van der Waals surface area contributed by atoms with Crippen LogP contribution in [-0.2, 0) is 16.1 Å². The van der Waals surface area contributed by atoms with Gasteiger partial charge < -0.3 is 15.4 Å². The van der Waals surface area contributed by atoms with Gasteiger partial charge in [-0.05, 0) is 31.9 Å². The molecule has 0 bridgehead atoms. The number of aryl methyl sites for hydroxylation is 1. The standard InChI is InChI=1S/C20H27F3N4O3/c1-3-24-19(25-9-10-27-17(28)5-4-6-18(27)29)26-12-15-8-7-14(2)11-16(15)30-13-20(21,22)23/h7-8,11H,3-6,9-10,12-13H2,1-2H3,(H2,24,25,26). The summed E-state index contributed by atoms with van der Waals surface area (Å²) >= 11 is 0. The van der Waals surface area contributed by atoms with E-state index in [9.17, 15) is 22.8 Å². The Morgan fingerprint density at radius 2 is 1.90 bits per heavy atom. The van der Waals surface area contributed by atoms with E-state index in [1.165, 1.54) is 4.90 Å². The summed E-state index contributed by atoms with van der Waals surface area (Å²) in [6, 6.07) is 5.00. The number of amides is 2. The minimum Gasteiger partial charge on any atom is -0.484 e. The molecule has 0 spiro atoms. The van der Waals surface area contributed by atoms with Gasteiger partial charge in [0.25, 0.3) is 0 Å². The molecule has 0 radical (unpaired) electrons. The maximum atomic E-state index is 12.5. The van der Waals surface area contributed by atoms with Gasteiger partial charge >= 0.3 is 6.18 Å². The first kappa shape index (κ1) is 23.5. The summed E-state index contributed by atoms with van der Waals surface area (Å²) in [7, 11) is 0. The van der Waals surface area contributed by atoms with Crippen molar-refractivity contribution in [2.75, 3.05) is 26.2 Å². The van der Waals surface area contributed by atoms with Crippen LogP contribution < -0.4 is 15.4 Å². The second kappa shape index (κ2) is 10.8. The third-order valence-electron chi connectivity index (χ3n) is 4.38. The molecule has 0 aromatic heterocycles. The van der Waals surface area contributed by atoms with Gasteiger partial charge in [-0.2, -0.15) is 13.2 Å². The number of hydrogen-bond acceptors (Lipinski definition) is 4. The van der Waals surface area contributed by atoms with Crippen LogP contribution in [0.25, 0.3) is 0 Å². The predicted molar refractivity (Wildman–Crippen MR) is 106 cm³/mol. The number of nitrogens with zero attached hydrogens (tertiary/aromatic N) is 2. The minimum absolute atomic E-state index is 0.102. The number of likely N-dealkylation sites (tertiary alicyclic amines) is 1. The highest BCUT2D eigenvalue weighted by Gasteiger charge is 2.29. The van der Waals surface area contributed by atoms with Crippen LogP contribution >= 0.6 is 0 Å². The number of carbonyl (C=O) groups excluding carboxylic acids is 2. The van der Waals surface area contributed by atoms with Gasteiger partial charge in [0, 0.05) is 38.0 Å². The van der Waals surface area contributed by atoms with E-state index in [1.807, 2.05) is 6.92 Å². The zero-order valence-corrected chi connectivity index (χ0v) is 17.1. The fraction of sp³-hybridized carbons (Fsp3) is 0.550. The van der Waals surface area contributed by atoms with E-state index in [0.717, 1.165) is 5.56 Å². The van der Waals surface area contributed by atoms with Gasteiger partial charge in [0.1, 0.15) is 5.75 Å². The van der Waals surface area contributed by atoms with Gasteiger partial charge in [-0.15, -0.1) is 0 Å². The Morgan fingerprint density at radius 3 is 2.53 bits per heavy atom. The Hall–Kier alpha value is -2.78. The molecule has 1 aromatic carbocycles. The highest BCUT2D eigenvalue weighted by atomic mass is 19.4. The van der Waals surface area contributed by atoms with Crippen molar-refractivity contribution in [1.82, 2.24) is 15.5 Å². The molecule has 0 aliphatic carbocycles. The SMILES string of the molecule is CCNC(=NCc1ccc(C)cc1OCC(F)(F)F)NCCN1C(=O)CCCC1=O. The maximum Gasteiger partial charge on any atom is 0.422 e. The van der Waals surface area contributed by atoms with Gasteiger partial charge in [-0.25, -0.2) is 4.99 Å². The quantitative estimate of drug-likeness (QED) is 0.378. The second-order valence-corrected chi connectivity index (χ2v) is 6.93. The van der Waals surface area contributed by atoms with Gasteiger partial charge in [0.15, 0.2) is 12.6 Å². The van der Waals surface area contributed by atoms with Crippen molar-refractivity contribution in [3.63, 3.8) is 0 Å². The molecular formula is C20H27F3N4O3. The largest absolute Gasteiger partial charge is 0.484 e. The van der Waals surface area contributed by atoms with Gasteiger partial charge in [-0.3, -0.25) is 14.5 Å². The molecule has 1 aromatic rings. The summed E-state index contributed by atoms with van der Waals surface area (Å²) in [5.74, 6) is 0.204. The number of hydrogen-bond donors (Lipinski definition) is 2. The molecule has 2 N–H and O–H groups in total. The van der Waals surface area contributed by atoms with Crippen LogP contribution in [0.4, 0.5) is 13.2 Å². The molecule has 1 aliphatic heterocycles. The molecule has 0 unspecified atom stereocenters. The number of guanidine groups is 1.